The number of pyridine rings is 2. The molecule has 0 saturated heterocycles. The van der Waals surface area contributed by atoms with Crippen molar-refractivity contribution in [1.29, 1.82) is 0 Å². The van der Waals surface area contributed by atoms with Crippen LogP contribution in [0.2, 0.25) is 0 Å². The molecule has 1 N–H and O–H groups in total. The van der Waals surface area contributed by atoms with Crippen LogP contribution >= 0.6 is 15.9 Å². The van der Waals surface area contributed by atoms with Gasteiger partial charge in [0.25, 0.3) is 5.56 Å². The van der Waals surface area contributed by atoms with Crippen molar-refractivity contribution in [1.82, 2.24) is 19.5 Å². The molecular formula is C22H18BrN5O3. The van der Waals surface area contributed by atoms with Crippen molar-refractivity contribution in [3.63, 3.8) is 0 Å². The smallest absolute Gasteiger partial charge is 0.261 e. The molecule has 9 heteroatoms. The Balaban J connectivity index is 1.41. The zero-order valence-electron chi connectivity index (χ0n) is 16.4. The average Bonchev–Trinajstić information content (AvgIpc) is 2.79. The molecule has 0 spiro atoms. The van der Waals surface area contributed by atoms with Crippen LogP contribution in [0.15, 0.2) is 76.6 Å². The van der Waals surface area contributed by atoms with E-state index in [0.29, 0.717) is 29.1 Å². The number of aryl methyl sites for hydroxylation is 1. The minimum atomic E-state index is -0.284. The highest BCUT2D eigenvalue weighted by molar-refractivity contribution is 9.10. The summed E-state index contributed by atoms with van der Waals surface area (Å²) in [4.78, 5) is 37.6. The Hall–Kier alpha value is -3.59. The zero-order chi connectivity index (χ0) is 21.6. The number of carbonyl (C=O) groups is 1. The molecule has 3 heterocycles. The number of hydrogen-bond acceptors (Lipinski definition) is 6. The van der Waals surface area contributed by atoms with Crippen LogP contribution in [0.1, 0.15) is 12.0 Å². The maximum atomic E-state index is 12.7. The lowest BCUT2D eigenvalue weighted by Crippen LogP contribution is -2.24. The Morgan fingerprint density at radius 2 is 1.94 bits per heavy atom. The zero-order valence-corrected chi connectivity index (χ0v) is 17.9. The van der Waals surface area contributed by atoms with Crippen molar-refractivity contribution in [2.75, 3.05) is 5.32 Å². The summed E-state index contributed by atoms with van der Waals surface area (Å²) in [6.07, 6.45) is 6.49. The third-order valence-corrected chi connectivity index (χ3v) is 5.03. The van der Waals surface area contributed by atoms with Crippen LogP contribution in [0.5, 0.6) is 5.75 Å². The molecule has 0 unspecified atom stereocenters. The minimum Gasteiger partial charge on any atom is -0.485 e. The molecule has 0 radical (unpaired) electrons. The van der Waals surface area contributed by atoms with Gasteiger partial charge in [0.15, 0.2) is 11.6 Å². The van der Waals surface area contributed by atoms with Crippen LogP contribution in [0, 0.1) is 0 Å². The summed E-state index contributed by atoms with van der Waals surface area (Å²) >= 11 is 3.36. The highest BCUT2D eigenvalue weighted by Crippen LogP contribution is 2.22. The van der Waals surface area contributed by atoms with Crippen molar-refractivity contribution >= 4 is 38.6 Å². The number of amides is 1. The number of ether oxygens (including phenoxy) is 1. The first-order valence-electron chi connectivity index (χ1n) is 9.51. The van der Waals surface area contributed by atoms with Crippen molar-refractivity contribution in [2.45, 2.75) is 19.6 Å². The second kappa shape index (κ2) is 9.48. The monoisotopic (exact) mass is 479 g/mol. The molecule has 156 valence electrons. The fraction of sp³-hybridized carbons (Fsp3) is 0.136. The Labute approximate surface area is 186 Å². The molecule has 0 aliphatic rings. The molecule has 3 aromatic heterocycles. The molecular weight excluding hydrogens is 462 g/mol. The lowest BCUT2D eigenvalue weighted by molar-refractivity contribution is -0.116. The number of benzene rings is 1. The van der Waals surface area contributed by atoms with Gasteiger partial charge in [0, 0.05) is 36.0 Å². The standard InChI is InChI=1S/C22H18BrN5O3/c23-16-3-4-18-17(12-16)22(30)28(14-26-18)11-7-20(29)27-21-19(2-1-8-25-21)31-13-15-5-9-24-10-6-15/h1-6,8-10,12,14H,7,11,13H2,(H,25,27,29). The summed E-state index contributed by atoms with van der Waals surface area (Å²) in [6.45, 7) is 0.519. The molecule has 0 atom stereocenters. The first kappa shape index (κ1) is 20.7. The third kappa shape index (κ3) is 5.13. The number of halogens is 1. The van der Waals surface area contributed by atoms with Gasteiger partial charge in [-0.05, 0) is 48.0 Å². The molecule has 4 rings (SSSR count). The van der Waals surface area contributed by atoms with Crippen LogP contribution in [0.25, 0.3) is 10.9 Å². The fourth-order valence-corrected chi connectivity index (χ4v) is 3.31. The number of anilines is 1. The molecule has 0 aliphatic carbocycles. The third-order valence-electron chi connectivity index (χ3n) is 4.54. The summed E-state index contributed by atoms with van der Waals surface area (Å²) < 4.78 is 8.01. The summed E-state index contributed by atoms with van der Waals surface area (Å²) in [6, 6.07) is 12.5. The predicted octanol–water partition coefficient (Wildman–Crippen LogP) is 3.56. The van der Waals surface area contributed by atoms with E-state index in [1.165, 1.54) is 10.9 Å². The quantitative estimate of drug-likeness (QED) is 0.435. The summed E-state index contributed by atoms with van der Waals surface area (Å²) in [7, 11) is 0. The summed E-state index contributed by atoms with van der Waals surface area (Å²) in [5.41, 5.74) is 1.36. The van der Waals surface area contributed by atoms with E-state index in [2.05, 4.69) is 36.2 Å². The lowest BCUT2D eigenvalue weighted by atomic mass is 10.2. The van der Waals surface area contributed by atoms with Gasteiger partial charge in [-0.2, -0.15) is 0 Å². The van der Waals surface area contributed by atoms with Gasteiger partial charge in [-0.3, -0.25) is 19.1 Å². The minimum absolute atomic E-state index is 0.0848. The number of aromatic nitrogens is 4. The van der Waals surface area contributed by atoms with Gasteiger partial charge in [0.2, 0.25) is 5.91 Å². The van der Waals surface area contributed by atoms with E-state index in [9.17, 15) is 9.59 Å². The number of nitrogens with one attached hydrogen (secondary N) is 1. The molecule has 1 aromatic carbocycles. The molecule has 4 aromatic rings. The molecule has 1 amide bonds. The Kier molecular flexibility index (Phi) is 6.32. The van der Waals surface area contributed by atoms with E-state index in [1.54, 1.807) is 42.9 Å². The van der Waals surface area contributed by atoms with Gasteiger partial charge in [0.05, 0.1) is 17.2 Å². The van der Waals surface area contributed by atoms with Crippen LogP contribution in [-0.2, 0) is 17.9 Å². The van der Waals surface area contributed by atoms with Gasteiger partial charge in [-0.25, -0.2) is 9.97 Å². The highest BCUT2D eigenvalue weighted by atomic mass is 79.9. The maximum Gasteiger partial charge on any atom is 0.261 e. The highest BCUT2D eigenvalue weighted by Gasteiger charge is 2.11. The van der Waals surface area contributed by atoms with Crippen LogP contribution in [0.4, 0.5) is 5.82 Å². The van der Waals surface area contributed by atoms with Crippen LogP contribution < -0.4 is 15.6 Å². The van der Waals surface area contributed by atoms with Crippen molar-refractivity contribution in [2.24, 2.45) is 0 Å². The molecule has 0 aliphatic heterocycles. The summed E-state index contributed by atoms with van der Waals surface area (Å²) in [5.74, 6) is 0.505. The molecule has 0 saturated carbocycles. The normalized spacial score (nSPS) is 10.7. The van der Waals surface area contributed by atoms with E-state index in [4.69, 9.17) is 4.74 Å². The van der Waals surface area contributed by atoms with Crippen LogP contribution in [-0.4, -0.2) is 25.4 Å². The Morgan fingerprint density at radius 3 is 2.77 bits per heavy atom. The van der Waals surface area contributed by atoms with Gasteiger partial charge < -0.3 is 10.1 Å². The lowest BCUT2D eigenvalue weighted by Gasteiger charge is -2.12. The van der Waals surface area contributed by atoms with Crippen molar-refractivity contribution in [3.8, 4) is 5.75 Å². The molecule has 0 fully saturated rings. The first-order chi connectivity index (χ1) is 15.1. The Morgan fingerprint density at radius 1 is 1.10 bits per heavy atom. The van der Waals surface area contributed by atoms with E-state index in [1.807, 2.05) is 18.2 Å². The fourth-order valence-electron chi connectivity index (χ4n) is 2.95. The number of nitrogens with zero attached hydrogens (tertiary/aromatic N) is 4. The SMILES string of the molecule is O=C(CCn1cnc2ccc(Br)cc2c1=O)Nc1ncccc1OCc1ccncc1. The number of fused-ring (bicyclic) bond motifs is 1. The van der Waals surface area contributed by atoms with Crippen LogP contribution in [0.3, 0.4) is 0 Å². The van der Waals surface area contributed by atoms with E-state index in [0.717, 1.165) is 10.0 Å². The second-order valence-corrected chi connectivity index (χ2v) is 7.61. The number of carbonyl (C=O) groups excluding carboxylic acids is 1. The predicted molar refractivity (Wildman–Crippen MR) is 120 cm³/mol. The van der Waals surface area contributed by atoms with Gasteiger partial charge in [0.1, 0.15) is 6.61 Å². The largest absolute Gasteiger partial charge is 0.485 e. The number of rotatable bonds is 7. The first-order valence-corrected chi connectivity index (χ1v) is 10.3. The van der Waals surface area contributed by atoms with E-state index >= 15 is 0 Å². The van der Waals surface area contributed by atoms with E-state index < -0.39 is 0 Å². The van der Waals surface area contributed by atoms with Crippen molar-refractivity contribution < 1.29 is 9.53 Å². The molecule has 31 heavy (non-hydrogen) atoms. The van der Waals surface area contributed by atoms with Gasteiger partial charge >= 0.3 is 0 Å². The topological polar surface area (TPSA) is 99.0 Å². The number of hydrogen-bond donors (Lipinski definition) is 1. The second-order valence-electron chi connectivity index (χ2n) is 6.70. The van der Waals surface area contributed by atoms with Gasteiger partial charge in [-0.15, -0.1) is 0 Å². The Bertz CT molecular complexity index is 1280. The molecule has 0 bridgehead atoms. The maximum absolute atomic E-state index is 12.7. The molecule has 8 nitrogen and oxygen atoms in total. The van der Waals surface area contributed by atoms with Gasteiger partial charge in [-0.1, -0.05) is 15.9 Å². The average molecular weight is 480 g/mol. The van der Waals surface area contributed by atoms with Crippen molar-refractivity contribution in [3.05, 3.63) is 87.8 Å². The van der Waals surface area contributed by atoms with E-state index in [-0.39, 0.29) is 24.4 Å². The summed E-state index contributed by atoms with van der Waals surface area (Å²) in [5, 5.41) is 3.25.